The molecule has 2 aliphatic rings. The summed E-state index contributed by atoms with van der Waals surface area (Å²) in [4.78, 5) is 18.6. The Kier molecular flexibility index (Phi) is 6.51. The molecule has 2 fully saturated rings. The number of hydrogen-bond donors (Lipinski definition) is 1. The average Bonchev–Trinajstić information content (AvgIpc) is 3.47. The van der Waals surface area contributed by atoms with Gasteiger partial charge in [0.1, 0.15) is 11.9 Å². The topological polar surface area (TPSA) is 79.4 Å². The Morgan fingerprint density at radius 3 is 2.51 bits per heavy atom. The Morgan fingerprint density at radius 1 is 1.23 bits per heavy atom. The molecule has 10 heteroatoms. The minimum Gasteiger partial charge on any atom is -0.331 e. The number of hydrogen-bond acceptors (Lipinski definition) is 4. The molecule has 1 saturated heterocycles. The average molecular weight is 510 g/mol. The predicted octanol–water partition coefficient (Wildman–Crippen LogP) is 4.00. The predicted molar refractivity (Wildman–Crippen MR) is 127 cm³/mol. The Labute approximate surface area is 204 Å². The van der Waals surface area contributed by atoms with E-state index in [1.165, 1.54) is 13.0 Å². The van der Waals surface area contributed by atoms with E-state index in [-0.39, 0.29) is 23.3 Å². The number of likely N-dealkylation sites (tertiary alicyclic amines) is 1. The van der Waals surface area contributed by atoms with Crippen molar-refractivity contribution in [1.29, 1.82) is 0 Å². The van der Waals surface area contributed by atoms with E-state index in [1.54, 1.807) is 32.0 Å². The molecule has 1 N–H and O–H groups in total. The number of nitrogens with one attached hydrogen (secondary N) is 1. The second-order valence-corrected chi connectivity index (χ2v) is 12.0. The van der Waals surface area contributed by atoms with Crippen molar-refractivity contribution in [3.8, 4) is 11.3 Å². The summed E-state index contributed by atoms with van der Waals surface area (Å²) in [5.74, 6) is -4.97. The molecule has 1 aliphatic heterocycles. The second-order valence-electron chi connectivity index (χ2n) is 9.97. The van der Waals surface area contributed by atoms with Gasteiger partial charge < -0.3 is 4.90 Å². The lowest BCUT2D eigenvalue weighted by molar-refractivity contribution is -0.138. The minimum atomic E-state index is -4.01. The van der Waals surface area contributed by atoms with Crippen molar-refractivity contribution in [3.63, 3.8) is 0 Å². The molecule has 1 aromatic carbocycles. The van der Waals surface area contributed by atoms with Gasteiger partial charge in [0.2, 0.25) is 15.9 Å². The van der Waals surface area contributed by atoms with Crippen molar-refractivity contribution < 1.29 is 26.4 Å². The van der Waals surface area contributed by atoms with Gasteiger partial charge in [0, 0.05) is 16.7 Å². The third kappa shape index (κ3) is 5.09. The molecule has 2 heterocycles. The van der Waals surface area contributed by atoms with Crippen LogP contribution in [0.2, 0.25) is 0 Å². The number of carbonyl (C=O) groups is 1. The fourth-order valence-corrected chi connectivity index (χ4v) is 5.57. The molecule has 4 rings (SSSR count). The van der Waals surface area contributed by atoms with Crippen LogP contribution in [-0.2, 0) is 21.2 Å². The maximum atomic E-state index is 15.7. The number of alkyl halides is 2. The van der Waals surface area contributed by atoms with Crippen LogP contribution in [0.3, 0.4) is 0 Å². The van der Waals surface area contributed by atoms with Crippen LogP contribution in [0.5, 0.6) is 0 Å². The van der Waals surface area contributed by atoms with Crippen LogP contribution >= 0.6 is 0 Å². The number of aromatic nitrogens is 1. The molecule has 190 valence electrons. The number of benzene rings is 1. The minimum absolute atomic E-state index is 0.116. The lowest BCUT2D eigenvalue weighted by atomic mass is 9.95. The van der Waals surface area contributed by atoms with E-state index in [4.69, 9.17) is 0 Å². The summed E-state index contributed by atoms with van der Waals surface area (Å²) in [5, 5.41) is 0. The number of nitrogens with zero attached hydrogens (tertiary/aromatic N) is 2. The van der Waals surface area contributed by atoms with Crippen molar-refractivity contribution in [1.82, 2.24) is 14.6 Å². The Morgan fingerprint density at radius 2 is 1.91 bits per heavy atom. The quantitative estimate of drug-likeness (QED) is 0.612. The smallest absolute Gasteiger partial charge is 0.283 e. The molecule has 1 saturated carbocycles. The molecule has 6 nitrogen and oxygen atoms in total. The highest BCUT2D eigenvalue weighted by molar-refractivity contribution is 7.89. The van der Waals surface area contributed by atoms with Crippen LogP contribution < -0.4 is 4.72 Å². The third-order valence-electron chi connectivity index (χ3n) is 6.97. The molecule has 35 heavy (non-hydrogen) atoms. The number of carbonyl (C=O) groups excluding carboxylic acids is 1. The van der Waals surface area contributed by atoms with Crippen molar-refractivity contribution in [2.75, 3.05) is 12.3 Å². The van der Waals surface area contributed by atoms with Crippen LogP contribution in [0.15, 0.2) is 30.3 Å². The molecule has 2 aromatic rings. The summed E-state index contributed by atoms with van der Waals surface area (Å²) < 4.78 is 72.6. The van der Waals surface area contributed by atoms with Gasteiger partial charge in [-0.3, -0.25) is 9.78 Å². The largest absolute Gasteiger partial charge is 0.331 e. The summed E-state index contributed by atoms with van der Waals surface area (Å²) in [7, 11) is -4.01. The van der Waals surface area contributed by atoms with Gasteiger partial charge in [-0.2, -0.15) is 0 Å². The molecular weight excluding hydrogens is 479 g/mol. The molecule has 1 aromatic heterocycles. The number of halogens is 3. The van der Waals surface area contributed by atoms with Crippen molar-refractivity contribution in [3.05, 3.63) is 53.0 Å². The zero-order chi connectivity index (χ0) is 25.8. The summed E-state index contributed by atoms with van der Waals surface area (Å²) >= 11 is 0. The second kappa shape index (κ2) is 8.89. The molecule has 0 radical (unpaired) electrons. The fraction of sp³-hybridized carbons (Fsp3) is 0.520. The third-order valence-corrected chi connectivity index (χ3v) is 8.34. The first-order valence-corrected chi connectivity index (χ1v) is 13.3. The van der Waals surface area contributed by atoms with Crippen molar-refractivity contribution >= 4 is 15.9 Å². The van der Waals surface area contributed by atoms with E-state index in [0.29, 0.717) is 24.2 Å². The van der Waals surface area contributed by atoms with E-state index >= 15 is 13.2 Å². The number of pyridine rings is 1. The van der Waals surface area contributed by atoms with Gasteiger partial charge in [-0.1, -0.05) is 19.1 Å². The molecule has 0 unspecified atom stereocenters. The number of sulfonamides is 1. The normalized spacial score (nSPS) is 22.9. The van der Waals surface area contributed by atoms with Gasteiger partial charge in [0.25, 0.3) is 5.92 Å². The van der Waals surface area contributed by atoms with Gasteiger partial charge in [-0.25, -0.2) is 26.3 Å². The highest BCUT2D eigenvalue weighted by Gasteiger charge is 2.60. The van der Waals surface area contributed by atoms with Gasteiger partial charge in [0.15, 0.2) is 0 Å². The van der Waals surface area contributed by atoms with Gasteiger partial charge >= 0.3 is 0 Å². The first-order chi connectivity index (χ1) is 16.3. The number of amides is 1. The molecular formula is C25H30F3N3O3S. The van der Waals surface area contributed by atoms with Crippen LogP contribution in [0.1, 0.15) is 43.5 Å². The molecule has 1 aliphatic carbocycles. The lowest BCUT2D eigenvalue weighted by Gasteiger charge is -2.30. The van der Waals surface area contributed by atoms with Gasteiger partial charge in [0.05, 0.1) is 24.0 Å². The van der Waals surface area contributed by atoms with Gasteiger partial charge in [-0.15, -0.1) is 0 Å². The van der Waals surface area contributed by atoms with Crippen molar-refractivity contribution in [2.45, 2.75) is 65.0 Å². The first-order valence-electron chi connectivity index (χ1n) is 11.7. The summed E-state index contributed by atoms with van der Waals surface area (Å²) in [6, 6.07) is 5.15. The Bertz CT molecular complexity index is 1240. The fourth-order valence-electron chi connectivity index (χ4n) is 4.68. The van der Waals surface area contributed by atoms with E-state index in [2.05, 4.69) is 9.71 Å². The van der Waals surface area contributed by atoms with Crippen LogP contribution in [0, 0.1) is 25.1 Å². The SMILES string of the molecule is CCS(=O)(=O)N[C@@H]1[C@H](Cc2cccc(-c3cc(C)cc(C)n3)c2F)N(C(=O)C2(C)CC2)CC1(F)F. The van der Waals surface area contributed by atoms with E-state index in [0.717, 1.165) is 10.5 Å². The van der Waals surface area contributed by atoms with Crippen LogP contribution in [0.4, 0.5) is 13.2 Å². The van der Waals surface area contributed by atoms with E-state index < -0.39 is 51.7 Å². The first kappa shape index (κ1) is 25.6. The van der Waals surface area contributed by atoms with Crippen molar-refractivity contribution in [2.24, 2.45) is 5.41 Å². The molecule has 2 atom stereocenters. The summed E-state index contributed by atoms with van der Waals surface area (Å²) in [5.41, 5.74) is 1.62. The maximum Gasteiger partial charge on any atom is 0.283 e. The maximum absolute atomic E-state index is 15.7. The van der Waals surface area contributed by atoms with Crippen LogP contribution in [0.25, 0.3) is 11.3 Å². The lowest BCUT2D eigenvalue weighted by Crippen LogP contribution is -2.53. The Balaban J connectivity index is 1.75. The molecule has 0 spiro atoms. The summed E-state index contributed by atoms with van der Waals surface area (Å²) in [6.45, 7) is 5.81. The number of aryl methyl sites for hydroxylation is 2. The van der Waals surface area contributed by atoms with Gasteiger partial charge in [-0.05, 0) is 69.4 Å². The standard InChI is InChI=1S/C25H30F3N3O3S/c1-5-35(33,34)30-22-20(31(14-25(22,27)28)23(32)24(4)9-10-24)13-17-7-6-8-18(21(17)26)19-12-15(2)11-16(3)29-19/h6-8,11-12,20,22,30H,5,9-10,13-14H2,1-4H3/t20-,22+/m0/s1. The van der Waals surface area contributed by atoms with Crippen LogP contribution in [-0.4, -0.2) is 54.5 Å². The van der Waals surface area contributed by atoms with E-state index in [9.17, 15) is 13.2 Å². The highest BCUT2D eigenvalue weighted by atomic mass is 32.2. The zero-order valence-corrected chi connectivity index (χ0v) is 21.1. The molecule has 1 amide bonds. The number of rotatable bonds is 7. The molecule has 0 bridgehead atoms. The van der Waals surface area contributed by atoms with E-state index in [1.807, 2.05) is 13.0 Å². The highest BCUT2D eigenvalue weighted by Crippen LogP contribution is 2.49. The Hall–Kier alpha value is -2.46. The summed E-state index contributed by atoms with van der Waals surface area (Å²) in [6.07, 6.45) is 0.890. The zero-order valence-electron chi connectivity index (χ0n) is 20.2. The monoisotopic (exact) mass is 509 g/mol.